The maximum Gasteiger partial charge on any atom is 0.183 e. The second-order valence-corrected chi connectivity index (χ2v) is 5.74. The topological polar surface area (TPSA) is 40.7 Å². The highest BCUT2D eigenvalue weighted by Crippen LogP contribution is 2.34. The molecular formula is C16H17N3S. The maximum absolute atomic E-state index is 4.66. The van der Waals surface area contributed by atoms with Gasteiger partial charge in [-0.1, -0.05) is 18.2 Å². The Morgan fingerprint density at radius 1 is 1.40 bits per heavy atom. The molecule has 1 aromatic carbocycles. The van der Waals surface area contributed by atoms with Crippen molar-refractivity contribution in [3.8, 4) is 11.3 Å². The van der Waals surface area contributed by atoms with Crippen LogP contribution in [0.1, 0.15) is 11.3 Å². The largest absolute Gasteiger partial charge is 0.358 e. The van der Waals surface area contributed by atoms with E-state index < -0.39 is 0 Å². The summed E-state index contributed by atoms with van der Waals surface area (Å²) in [6, 6.07) is 6.48. The van der Waals surface area contributed by atoms with Crippen molar-refractivity contribution >= 4 is 27.4 Å². The fourth-order valence-electron chi connectivity index (χ4n) is 2.41. The predicted octanol–water partition coefficient (Wildman–Crippen LogP) is 4.51. The van der Waals surface area contributed by atoms with Crippen LogP contribution >= 0.6 is 11.3 Å². The molecule has 4 heteroatoms. The number of aryl methyl sites for hydroxylation is 2. The van der Waals surface area contributed by atoms with E-state index in [2.05, 4.69) is 59.3 Å². The van der Waals surface area contributed by atoms with Gasteiger partial charge in [0.1, 0.15) is 0 Å². The third-order valence-electron chi connectivity index (χ3n) is 3.30. The van der Waals surface area contributed by atoms with Gasteiger partial charge < -0.3 is 10.3 Å². The van der Waals surface area contributed by atoms with Crippen LogP contribution in [0.15, 0.2) is 36.2 Å². The zero-order chi connectivity index (χ0) is 14.1. The second kappa shape index (κ2) is 5.13. The van der Waals surface area contributed by atoms with Crippen LogP contribution in [-0.2, 0) is 0 Å². The summed E-state index contributed by atoms with van der Waals surface area (Å²) in [6.45, 7) is 8.64. The first kappa shape index (κ1) is 12.9. The fourth-order valence-corrected chi connectivity index (χ4v) is 3.12. The van der Waals surface area contributed by atoms with Crippen LogP contribution in [0.25, 0.3) is 22.2 Å². The molecule has 0 atom stereocenters. The number of H-pyrrole nitrogens is 1. The molecule has 0 unspecified atom stereocenters. The molecule has 0 spiro atoms. The van der Waals surface area contributed by atoms with Crippen molar-refractivity contribution in [1.29, 1.82) is 0 Å². The molecule has 0 saturated heterocycles. The van der Waals surface area contributed by atoms with E-state index >= 15 is 0 Å². The summed E-state index contributed by atoms with van der Waals surface area (Å²) >= 11 is 1.62. The molecule has 0 amide bonds. The van der Waals surface area contributed by atoms with Crippen molar-refractivity contribution in [3.05, 3.63) is 47.5 Å². The van der Waals surface area contributed by atoms with Crippen molar-refractivity contribution in [2.75, 3.05) is 11.9 Å². The number of anilines is 1. The van der Waals surface area contributed by atoms with Crippen LogP contribution in [0.3, 0.4) is 0 Å². The number of aromatic nitrogens is 2. The van der Waals surface area contributed by atoms with E-state index in [9.17, 15) is 0 Å². The fraction of sp³-hybridized carbons (Fsp3) is 0.188. The number of fused-ring (bicyclic) bond motifs is 1. The molecule has 0 aliphatic carbocycles. The predicted molar refractivity (Wildman–Crippen MR) is 87.6 cm³/mol. The molecule has 3 aromatic rings. The quantitative estimate of drug-likeness (QED) is 0.692. The highest BCUT2D eigenvalue weighted by atomic mass is 32.1. The molecule has 3 nitrogen and oxygen atoms in total. The van der Waals surface area contributed by atoms with Crippen molar-refractivity contribution in [1.82, 2.24) is 9.97 Å². The molecule has 2 aromatic heterocycles. The lowest BCUT2D eigenvalue weighted by atomic mass is 10.1. The van der Waals surface area contributed by atoms with Crippen molar-refractivity contribution < 1.29 is 0 Å². The maximum atomic E-state index is 4.66. The SMILES string of the molecule is C=CCNc1nc(-c2c(C)[nH]c3cc(C)ccc23)cs1. The molecule has 20 heavy (non-hydrogen) atoms. The summed E-state index contributed by atoms with van der Waals surface area (Å²) in [5, 5.41) is 7.49. The summed E-state index contributed by atoms with van der Waals surface area (Å²) < 4.78 is 0. The number of thiazole rings is 1. The van der Waals surface area contributed by atoms with E-state index in [1.165, 1.54) is 22.0 Å². The number of benzene rings is 1. The molecule has 102 valence electrons. The number of hydrogen-bond donors (Lipinski definition) is 2. The minimum absolute atomic E-state index is 0.735. The Kier molecular flexibility index (Phi) is 3.32. The Bertz CT molecular complexity index is 767. The molecule has 0 aliphatic rings. The van der Waals surface area contributed by atoms with Gasteiger partial charge in [-0.3, -0.25) is 0 Å². The third kappa shape index (κ3) is 2.23. The van der Waals surface area contributed by atoms with Crippen molar-refractivity contribution in [2.24, 2.45) is 0 Å². The Hall–Kier alpha value is -2.07. The third-order valence-corrected chi connectivity index (χ3v) is 4.10. The van der Waals surface area contributed by atoms with E-state index in [0.29, 0.717) is 0 Å². The molecule has 0 aliphatic heterocycles. The molecule has 2 N–H and O–H groups in total. The lowest BCUT2D eigenvalue weighted by molar-refractivity contribution is 1.26. The minimum Gasteiger partial charge on any atom is -0.358 e. The van der Waals surface area contributed by atoms with Crippen LogP contribution in [0.4, 0.5) is 5.13 Å². The number of rotatable bonds is 4. The van der Waals surface area contributed by atoms with Gasteiger partial charge >= 0.3 is 0 Å². The number of hydrogen-bond acceptors (Lipinski definition) is 3. The molecule has 0 bridgehead atoms. The molecule has 0 fully saturated rings. The molecule has 0 radical (unpaired) electrons. The highest BCUT2D eigenvalue weighted by molar-refractivity contribution is 7.14. The van der Waals surface area contributed by atoms with Crippen molar-refractivity contribution in [2.45, 2.75) is 13.8 Å². The van der Waals surface area contributed by atoms with Crippen LogP contribution in [-0.4, -0.2) is 16.5 Å². The van der Waals surface area contributed by atoms with Gasteiger partial charge in [-0.05, 0) is 25.5 Å². The summed E-state index contributed by atoms with van der Waals surface area (Å²) in [5.74, 6) is 0. The van der Waals surface area contributed by atoms with Gasteiger partial charge in [-0.25, -0.2) is 4.98 Å². The average Bonchev–Trinajstić information content (AvgIpc) is 2.99. The first-order chi connectivity index (χ1) is 9.69. The van der Waals surface area contributed by atoms with Gasteiger partial charge in [-0.15, -0.1) is 17.9 Å². The highest BCUT2D eigenvalue weighted by Gasteiger charge is 2.13. The zero-order valence-corrected chi connectivity index (χ0v) is 12.5. The van der Waals surface area contributed by atoms with Gasteiger partial charge in [0.05, 0.1) is 5.69 Å². The van der Waals surface area contributed by atoms with E-state index in [1.807, 2.05) is 6.08 Å². The Labute approximate surface area is 122 Å². The van der Waals surface area contributed by atoms with Gasteiger partial charge in [0.15, 0.2) is 5.13 Å². The van der Waals surface area contributed by atoms with E-state index in [1.54, 1.807) is 11.3 Å². The van der Waals surface area contributed by atoms with Gasteiger partial charge in [0.2, 0.25) is 0 Å². The van der Waals surface area contributed by atoms with Gasteiger partial charge in [-0.2, -0.15) is 0 Å². The van der Waals surface area contributed by atoms with Crippen LogP contribution < -0.4 is 5.32 Å². The smallest absolute Gasteiger partial charge is 0.183 e. The van der Waals surface area contributed by atoms with Crippen LogP contribution in [0.5, 0.6) is 0 Å². The number of aromatic amines is 1. The summed E-state index contributed by atoms with van der Waals surface area (Å²) in [4.78, 5) is 8.11. The first-order valence-corrected chi connectivity index (χ1v) is 7.46. The Morgan fingerprint density at radius 2 is 2.25 bits per heavy atom. The number of nitrogens with one attached hydrogen (secondary N) is 2. The van der Waals surface area contributed by atoms with E-state index in [4.69, 9.17) is 0 Å². The molecule has 3 rings (SSSR count). The first-order valence-electron chi connectivity index (χ1n) is 6.58. The lowest BCUT2D eigenvalue weighted by Gasteiger charge is -1.98. The second-order valence-electron chi connectivity index (χ2n) is 4.88. The average molecular weight is 283 g/mol. The summed E-state index contributed by atoms with van der Waals surface area (Å²) in [7, 11) is 0. The van der Waals surface area contributed by atoms with E-state index in [-0.39, 0.29) is 0 Å². The monoisotopic (exact) mass is 283 g/mol. The standard InChI is InChI=1S/C16H17N3S/c1-4-7-17-16-19-14(9-20-16)15-11(3)18-13-8-10(2)5-6-12(13)15/h4-6,8-9,18H,1,7H2,2-3H3,(H,17,19). The molecular weight excluding hydrogens is 266 g/mol. The lowest BCUT2D eigenvalue weighted by Crippen LogP contribution is -1.96. The zero-order valence-electron chi connectivity index (χ0n) is 11.7. The van der Waals surface area contributed by atoms with Gasteiger partial charge in [0.25, 0.3) is 0 Å². The molecule has 0 saturated carbocycles. The minimum atomic E-state index is 0.735. The van der Waals surface area contributed by atoms with Crippen LogP contribution in [0.2, 0.25) is 0 Å². The summed E-state index contributed by atoms with van der Waals surface area (Å²) in [6.07, 6.45) is 1.83. The number of nitrogens with zero attached hydrogens (tertiary/aromatic N) is 1. The van der Waals surface area contributed by atoms with Crippen LogP contribution in [0, 0.1) is 13.8 Å². The normalized spacial score (nSPS) is 10.9. The van der Waals surface area contributed by atoms with Crippen molar-refractivity contribution in [3.63, 3.8) is 0 Å². The van der Waals surface area contributed by atoms with E-state index in [0.717, 1.165) is 23.1 Å². The Morgan fingerprint density at radius 3 is 3.05 bits per heavy atom. The Balaban J connectivity index is 2.07. The molecule has 2 heterocycles. The summed E-state index contributed by atoms with van der Waals surface area (Å²) in [5.41, 5.74) is 5.81. The van der Waals surface area contributed by atoms with Gasteiger partial charge in [0, 0.05) is 34.1 Å².